The van der Waals surface area contributed by atoms with E-state index in [1.807, 2.05) is 0 Å². The second-order valence-electron chi connectivity index (χ2n) is 5.71. The molecule has 9 heteroatoms. The highest BCUT2D eigenvalue weighted by Gasteiger charge is 2.28. The van der Waals surface area contributed by atoms with Gasteiger partial charge in [0.2, 0.25) is 0 Å². The molecule has 1 amide bonds. The summed E-state index contributed by atoms with van der Waals surface area (Å²) in [6.07, 6.45) is 2.49. The third kappa shape index (κ3) is 4.40. The molecule has 3 rings (SSSR count). The van der Waals surface area contributed by atoms with Crippen LogP contribution in [0.1, 0.15) is 6.42 Å². The van der Waals surface area contributed by atoms with Gasteiger partial charge >= 0.3 is 6.09 Å². The van der Waals surface area contributed by atoms with E-state index in [0.717, 1.165) is 0 Å². The van der Waals surface area contributed by atoms with Crippen LogP contribution in [0.15, 0.2) is 30.6 Å². The fourth-order valence-electron chi connectivity index (χ4n) is 2.70. The average molecular weight is 370 g/mol. The SMILES string of the molecule is O=C(O)NC1CCOCC1COc1ccc(-n2cc(Cl)cn2)cc1F. The van der Waals surface area contributed by atoms with Crippen molar-refractivity contribution in [1.82, 2.24) is 15.1 Å². The first-order chi connectivity index (χ1) is 12.0. The van der Waals surface area contributed by atoms with Crippen LogP contribution in [0.25, 0.3) is 5.69 Å². The van der Waals surface area contributed by atoms with E-state index in [2.05, 4.69) is 10.4 Å². The van der Waals surface area contributed by atoms with Crippen LogP contribution in [0.3, 0.4) is 0 Å². The molecule has 0 spiro atoms. The highest BCUT2D eigenvalue weighted by molar-refractivity contribution is 6.30. The van der Waals surface area contributed by atoms with Gasteiger partial charge in [0, 0.05) is 30.8 Å². The number of carbonyl (C=O) groups is 1. The number of rotatable bonds is 5. The quantitative estimate of drug-likeness (QED) is 0.846. The topological polar surface area (TPSA) is 85.6 Å². The van der Waals surface area contributed by atoms with Crippen LogP contribution in [-0.2, 0) is 4.74 Å². The summed E-state index contributed by atoms with van der Waals surface area (Å²) in [4.78, 5) is 10.8. The number of amides is 1. The van der Waals surface area contributed by atoms with Crippen LogP contribution in [0, 0.1) is 11.7 Å². The summed E-state index contributed by atoms with van der Waals surface area (Å²) in [5.41, 5.74) is 0.517. The lowest BCUT2D eigenvalue weighted by Gasteiger charge is -2.31. The van der Waals surface area contributed by atoms with E-state index in [1.165, 1.54) is 23.0 Å². The predicted octanol–water partition coefficient (Wildman–Crippen LogP) is 2.72. The van der Waals surface area contributed by atoms with Crippen molar-refractivity contribution in [2.45, 2.75) is 12.5 Å². The van der Waals surface area contributed by atoms with Crippen molar-refractivity contribution in [2.75, 3.05) is 19.8 Å². The first-order valence-corrected chi connectivity index (χ1v) is 8.11. The Hall–Kier alpha value is -2.32. The highest BCUT2D eigenvalue weighted by atomic mass is 35.5. The Labute approximate surface area is 148 Å². The molecular weight excluding hydrogens is 353 g/mol. The number of nitrogens with one attached hydrogen (secondary N) is 1. The molecule has 2 N–H and O–H groups in total. The minimum Gasteiger partial charge on any atom is -0.490 e. The van der Waals surface area contributed by atoms with Crippen molar-refractivity contribution >= 4 is 17.7 Å². The van der Waals surface area contributed by atoms with E-state index < -0.39 is 11.9 Å². The Bertz CT molecular complexity index is 755. The van der Waals surface area contributed by atoms with Gasteiger partial charge in [0.1, 0.15) is 0 Å². The maximum absolute atomic E-state index is 14.3. The smallest absolute Gasteiger partial charge is 0.404 e. The third-order valence-corrected chi connectivity index (χ3v) is 4.16. The third-order valence-electron chi connectivity index (χ3n) is 3.97. The molecule has 134 valence electrons. The molecule has 2 aromatic rings. The second-order valence-corrected chi connectivity index (χ2v) is 6.14. The van der Waals surface area contributed by atoms with Crippen molar-refractivity contribution in [1.29, 1.82) is 0 Å². The summed E-state index contributed by atoms with van der Waals surface area (Å²) in [7, 11) is 0. The van der Waals surface area contributed by atoms with Gasteiger partial charge < -0.3 is 19.9 Å². The maximum Gasteiger partial charge on any atom is 0.404 e. The van der Waals surface area contributed by atoms with Gasteiger partial charge in [-0.15, -0.1) is 0 Å². The molecular formula is C16H17ClFN3O4. The number of halogens is 2. The molecule has 1 aliphatic heterocycles. The first-order valence-electron chi connectivity index (χ1n) is 7.73. The first kappa shape index (κ1) is 17.5. The van der Waals surface area contributed by atoms with Gasteiger partial charge in [0.25, 0.3) is 0 Å². The summed E-state index contributed by atoms with van der Waals surface area (Å²) in [6, 6.07) is 4.18. The normalized spacial score (nSPS) is 20.2. The minimum absolute atomic E-state index is 0.0849. The maximum atomic E-state index is 14.3. The Morgan fingerprint density at radius 2 is 2.40 bits per heavy atom. The zero-order chi connectivity index (χ0) is 17.8. The van der Waals surface area contributed by atoms with Crippen molar-refractivity contribution in [3.63, 3.8) is 0 Å². The zero-order valence-electron chi connectivity index (χ0n) is 13.2. The predicted molar refractivity (Wildman–Crippen MR) is 87.9 cm³/mol. The molecule has 2 atom stereocenters. The molecule has 0 saturated carbocycles. The van der Waals surface area contributed by atoms with Gasteiger partial charge in [0.05, 0.1) is 30.1 Å². The Morgan fingerprint density at radius 3 is 3.08 bits per heavy atom. The highest BCUT2D eigenvalue weighted by Crippen LogP contribution is 2.23. The molecule has 2 unspecified atom stereocenters. The largest absolute Gasteiger partial charge is 0.490 e. The zero-order valence-corrected chi connectivity index (χ0v) is 13.9. The number of benzene rings is 1. The monoisotopic (exact) mass is 369 g/mol. The van der Waals surface area contributed by atoms with E-state index in [0.29, 0.717) is 30.3 Å². The molecule has 0 bridgehead atoms. The number of hydrogen-bond acceptors (Lipinski definition) is 4. The number of nitrogens with zero attached hydrogens (tertiary/aromatic N) is 2. The number of aromatic nitrogens is 2. The van der Waals surface area contributed by atoms with Crippen LogP contribution in [0.4, 0.5) is 9.18 Å². The van der Waals surface area contributed by atoms with E-state index >= 15 is 0 Å². The van der Waals surface area contributed by atoms with Crippen molar-refractivity contribution in [3.8, 4) is 11.4 Å². The summed E-state index contributed by atoms with van der Waals surface area (Å²) in [5.74, 6) is -0.640. The molecule has 7 nitrogen and oxygen atoms in total. The Kier molecular flexibility index (Phi) is 5.40. The van der Waals surface area contributed by atoms with E-state index in [4.69, 9.17) is 26.2 Å². The summed E-state index contributed by atoms with van der Waals surface area (Å²) < 4.78 is 26.6. The van der Waals surface area contributed by atoms with Crippen LogP contribution in [0.5, 0.6) is 5.75 Å². The molecule has 1 fully saturated rings. The van der Waals surface area contributed by atoms with Gasteiger partial charge in [-0.1, -0.05) is 11.6 Å². The summed E-state index contributed by atoms with van der Waals surface area (Å²) in [6.45, 7) is 0.988. The molecule has 1 aliphatic rings. The van der Waals surface area contributed by atoms with Crippen LogP contribution in [-0.4, -0.2) is 46.8 Å². The molecule has 25 heavy (non-hydrogen) atoms. The second kappa shape index (κ2) is 7.71. The van der Waals surface area contributed by atoms with Crippen molar-refractivity contribution in [3.05, 3.63) is 41.4 Å². The Balaban J connectivity index is 1.65. The summed E-state index contributed by atoms with van der Waals surface area (Å²) >= 11 is 5.81. The van der Waals surface area contributed by atoms with Crippen molar-refractivity contribution in [2.24, 2.45) is 5.92 Å². The van der Waals surface area contributed by atoms with E-state index in [-0.39, 0.29) is 24.3 Å². The average Bonchev–Trinajstić information content (AvgIpc) is 3.01. The lowest BCUT2D eigenvalue weighted by atomic mass is 9.97. The summed E-state index contributed by atoms with van der Waals surface area (Å²) in [5, 5.41) is 15.8. The van der Waals surface area contributed by atoms with Crippen molar-refractivity contribution < 1.29 is 23.8 Å². The number of carboxylic acid groups (broad SMARTS) is 1. The molecule has 0 radical (unpaired) electrons. The van der Waals surface area contributed by atoms with Crippen LogP contribution < -0.4 is 10.1 Å². The van der Waals surface area contributed by atoms with Crippen LogP contribution in [0.2, 0.25) is 5.02 Å². The molecule has 2 heterocycles. The van der Waals surface area contributed by atoms with Gasteiger partial charge in [-0.05, 0) is 18.6 Å². The fourth-order valence-corrected chi connectivity index (χ4v) is 2.83. The lowest BCUT2D eigenvalue weighted by molar-refractivity contribution is 0.0134. The van der Waals surface area contributed by atoms with Gasteiger partial charge in [-0.2, -0.15) is 5.10 Å². The fraction of sp³-hybridized carbons (Fsp3) is 0.375. The van der Waals surface area contributed by atoms with Crippen LogP contribution >= 0.6 is 11.6 Å². The molecule has 1 aromatic heterocycles. The molecule has 1 aromatic carbocycles. The van der Waals surface area contributed by atoms with E-state index in [1.54, 1.807) is 12.3 Å². The Morgan fingerprint density at radius 1 is 1.56 bits per heavy atom. The van der Waals surface area contributed by atoms with Gasteiger partial charge in [-0.3, -0.25) is 0 Å². The lowest BCUT2D eigenvalue weighted by Crippen LogP contribution is -2.47. The van der Waals surface area contributed by atoms with Gasteiger partial charge in [-0.25, -0.2) is 13.9 Å². The molecule has 1 saturated heterocycles. The van der Waals surface area contributed by atoms with E-state index in [9.17, 15) is 9.18 Å². The molecule has 0 aliphatic carbocycles. The van der Waals surface area contributed by atoms with Gasteiger partial charge in [0.15, 0.2) is 11.6 Å². The number of hydrogen-bond donors (Lipinski definition) is 2. The standard InChI is InChI=1S/C16H17ClFN3O4/c17-11-6-19-21(7-11)12-1-2-15(13(18)5-12)25-9-10-8-24-4-3-14(10)20-16(22)23/h1-2,5-7,10,14,20H,3-4,8-9H2,(H,22,23). The minimum atomic E-state index is -1.09. The number of ether oxygens (including phenoxy) is 2.